The zero-order valence-electron chi connectivity index (χ0n) is 12.4. The highest BCUT2D eigenvalue weighted by molar-refractivity contribution is 6.31. The van der Waals surface area contributed by atoms with E-state index in [0.717, 1.165) is 11.4 Å². The molecule has 0 spiro atoms. The first-order valence-corrected chi connectivity index (χ1v) is 7.25. The van der Waals surface area contributed by atoms with Crippen LogP contribution in [-0.2, 0) is 17.7 Å². The predicted octanol–water partition coefficient (Wildman–Crippen LogP) is 2.96. The number of nitrogens with zero attached hydrogens (tertiary/aromatic N) is 2. The summed E-state index contributed by atoms with van der Waals surface area (Å²) in [6, 6.07) is -0.240. The van der Waals surface area contributed by atoms with Gasteiger partial charge in [-0.1, -0.05) is 18.5 Å². The van der Waals surface area contributed by atoms with E-state index in [0.29, 0.717) is 24.5 Å². The zero-order chi connectivity index (χ0) is 16.0. The largest absolute Gasteiger partial charge is 0.411 e. The highest BCUT2D eigenvalue weighted by Gasteiger charge is 2.28. The molecule has 4 nitrogen and oxygen atoms in total. The lowest BCUT2D eigenvalue weighted by molar-refractivity contribution is -0.175. The molecule has 0 aromatic carbocycles. The molecule has 8 heteroatoms. The molecule has 0 bridgehead atoms. The van der Waals surface area contributed by atoms with Crippen molar-refractivity contribution in [1.29, 1.82) is 0 Å². The summed E-state index contributed by atoms with van der Waals surface area (Å²) in [4.78, 5) is 0. The van der Waals surface area contributed by atoms with Crippen LogP contribution in [0.2, 0.25) is 5.02 Å². The Bertz CT molecular complexity index is 449. The molecule has 21 heavy (non-hydrogen) atoms. The molecular weight excluding hydrogens is 307 g/mol. The van der Waals surface area contributed by atoms with Crippen LogP contribution >= 0.6 is 11.6 Å². The van der Waals surface area contributed by atoms with E-state index in [-0.39, 0.29) is 12.6 Å². The smallest absolute Gasteiger partial charge is 0.370 e. The van der Waals surface area contributed by atoms with E-state index in [1.54, 1.807) is 11.6 Å². The van der Waals surface area contributed by atoms with Crippen LogP contribution in [0.15, 0.2) is 0 Å². The van der Waals surface area contributed by atoms with E-state index in [9.17, 15) is 13.2 Å². The van der Waals surface area contributed by atoms with Crippen LogP contribution in [-0.4, -0.2) is 41.8 Å². The number of aryl methyl sites for hydroxylation is 2. The highest BCUT2D eigenvalue weighted by atomic mass is 35.5. The Balaban J connectivity index is 2.70. The number of alkyl halides is 3. The molecule has 0 fully saturated rings. The molecule has 0 radical (unpaired) electrons. The summed E-state index contributed by atoms with van der Waals surface area (Å²) < 4.78 is 42.9. The van der Waals surface area contributed by atoms with Gasteiger partial charge in [0.2, 0.25) is 0 Å². The molecule has 1 aromatic rings. The maximum Gasteiger partial charge on any atom is 0.411 e. The van der Waals surface area contributed by atoms with Gasteiger partial charge in [-0.3, -0.25) is 4.68 Å². The van der Waals surface area contributed by atoms with Crippen LogP contribution in [0.5, 0.6) is 0 Å². The van der Waals surface area contributed by atoms with Gasteiger partial charge in [0.1, 0.15) is 6.61 Å². The number of ether oxygens (including phenoxy) is 1. The van der Waals surface area contributed by atoms with Crippen molar-refractivity contribution in [2.45, 2.75) is 46.0 Å². The number of hydrogen-bond donors (Lipinski definition) is 1. The van der Waals surface area contributed by atoms with E-state index < -0.39 is 12.8 Å². The second-order valence-corrected chi connectivity index (χ2v) is 5.13. The lowest BCUT2D eigenvalue weighted by atomic mass is 10.1. The van der Waals surface area contributed by atoms with Crippen molar-refractivity contribution in [3.8, 4) is 0 Å². The monoisotopic (exact) mass is 327 g/mol. The van der Waals surface area contributed by atoms with Crippen LogP contribution in [0.25, 0.3) is 0 Å². The molecule has 0 saturated heterocycles. The molecule has 1 atom stereocenters. The van der Waals surface area contributed by atoms with Gasteiger partial charge < -0.3 is 10.1 Å². The SMILES string of the molecule is CCNC(COCC(F)(F)F)Cc1c(Cl)c(C)nn1CC. The Morgan fingerprint density at radius 2 is 2.05 bits per heavy atom. The Hall–Kier alpha value is -0.790. The lowest BCUT2D eigenvalue weighted by Gasteiger charge is -2.19. The third-order valence-corrected chi connectivity index (χ3v) is 3.46. The van der Waals surface area contributed by atoms with E-state index in [1.807, 2.05) is 13.8 Å². The number of rotatable bonds is 8. The molecule has 0 aliphatic heterocycles. The minimum Gasteiger partial charge on any atom is -0.370 e. The number of aromatic nitrogens is 2. The first kappa shape index (κ1) is 18.3. The second-order valence-electron chi connectivity index (χ2n) is 4.75. The fourth-order valence-electron chi connectivity index (χ4n) is 2.09. The molecule has 0 amide bonds. The quantitative estimate of drug-likeness (QED) is 0.798. The summed E-state index contributed by atoms with van der Waals surface area (Å²) in [5, 5.41) is 7.98. The fraction of sp³-hybridized carbons (Fsp3) is 0.769. The number of hydrogen-bond acceptors (Lipinski definition) is 3. The number of likely N-dealkylation sites (N-methyl/N-ethyl adjacent to an activating group) is 1. The van der Waals surface area contributed by atoms with Gasteiger partial charge in [-0.2, -0.15) is 18.3 Å². The first-order chi connectivity index (χ1) is 9.78. The summed E-state index contributed by atoms with van der Waals surface area (Å²) in [7, 11) is 0. The molecule has 0 aliphatic carbocycles. The third kappa shape index (κ3) is 5.84. The Morgan fingerprint density at radius 3 is 2.57 bits per heavy atom. The van der Waals surface area contributed by atoms with Crippen molar-refractivity contribution in [1.82, 2.24) is 15.1 Å². The van der Waals surface area contributed by atoms with Crippen LogP contribution < -0.4 is 5.32 Å². The van der Waals surface area contributed by atoms with E-state index in [2.05, 4.69) is 10.4 Å². The maximum atomic E-state index is 12.1. The number of halogens is 4. The van der Waals surface area contributed by atoms with Crippen molar-refractivity contribution in [3.05, 3.63) is 16.4 Å². The first-order valence-electron chi connectivity index (χ1n) is 6.88. The van der Waals surface area contributed by atoms with E-state index in [1.165, 1.54) is 0 Å². The minimum atomic E-state index is -4.31. The van der Waals surface area contributed by atoms with Crippen molar-refractivity contribution in [2.75, 3.05) is 19.8 Å². The average molecular weight is 328 g/mol. The molecular formula is C13H21ClF3N3O. The predicted molar refractivity (Wildman–Crippen MR) is 75.7 cm³/mol. The standard InChI is InChI=1S/C13H21ClF3N3O/c1-4-18-10(7-21-8-13(15,16)17)6-11-12(14)9(3)19-20(11)5-2/h10,18H,4-8H2,1-3H3. The van der Waals surface area contributed by atoms with Gasteiger partial charge in [0.05, 0.1) is 23.0 Å². The van der Waals surface area contributed by atoms with Gasteiger partial charge in [-0.05, 0) is 20.4 Å². The number of nitrogens with one attached hydrogen (secondary N) is 1. The highest BCUT2D eigenvalue weighted by Crippen LogP contribution is 2.22. The summed E-state index contributed by atoms with van der Waals surface area (Å²) in [6.45, 7) is 5.66. The Kier molecular flexibility index (Phi) is 6.96. The molecule has 1 heterocycles. The molecule has 1 rings (SSSR count). The summed E-state index contributed by atoms with van der Waals surface area (Å²) in [6.07, 6.45) is -3.84. The van der Waals surface area contributed by atoms with Gasteiger partial charge in [-0.15, -0.1) is 0 Å². The van der Waals surface area contributed by atoms with Crippen molar-refractivity contribution >= 4 is 11.6 Å². The second kappa shape index (κ2) is 8.00. The maximum absolute atomic E-state index is 12.1. The Morgan fingerprint density at radius 1 is 1.38 bits per heavy atom. The van der Waals surface area contributed by atoms with Gasteiger partial charge >= 0.3 is 6.18 Å². The van der Waals surface area contributed by atoms with Gasteiger partial charge in [0, 0.05) is 19.0 Å². The van der Waals surface area contributed by atoms with Crippen LogP contribution in [0.4, 0.5) is 13.2 Å². The van der Waals surface area contributed by atoms with Crippen molar-refractivity contribution in [3.63, 3.8) is 0 Å². The van der Waals surface area contributed by atoms with Crippen LogP contribution in [0, 0.1) is 6.92 Å². The van der Waals surface area contributed by atoms with E-state index >= 15 is 0 Å². The molecule has 1 N–H and O–H groups in total. The van der Waals surface area contributed by atoms with Gasteiger partial charge in [0.25, 0.3) is 0 Å². The van der Waals surface area contributed by atoms with Crippen molar-refractivity contribution in [2.24, 2.45) is 0 Å². The molecule has 0 aliphatic rings. The minimum absolute atomic E-state index is 0.0301. The van der Waals surface area contributed by atoms with Crippen LogP contribution in [0.3, 0.4) is 0 Å². The normalized spacial score (nSPS) is 13.7. The molecule has 1 unspecified atom stereocenters. The summed E-state index contributed by atoms with van der Waals surface area (Å²) in [5.74, 6) is 0. The van der Waals surface area contributed by atoms with Crippen LogP contribution in [0.1, 0.15) is 25.2 Å². The zero-order valence-corrected chi connectivity index (χ0v) is 13.2. The van der Waals surface area contributed by atoms with Gasteiger partial charge in [0.15, 0.2) is 0 Å². The molecule has 1 aromatic heterocycles. The topological polar surface area (TPSA) is 39.1 Å². The lowest BCUT2D eigenvalue weighted by Crippen LogP contribution is -2.37. The summed E-state index contributed by atoms with van der Waals surface area (Å²) >= 11 is 6.21. The van der Waals surface area contributed by atoms with E-state index in [4.69, 9.17) is 16.3 Å². The fourth-order valence-corrected chi connectivity index (χ4v) is 2.31. The summed E-state index contributed by atoms with van der Waals surface area (Å²) in [5.41, 5.74) is 1.54. The van der Waals surface area contributed by atoms with Crippen molar-refractivity contribution < 1.29 is 17.9 Å². The van der Waals surface area contributed by atoms with Gasteiger partial charge in [-0.25, -0.2) is 0 Å². The molecule has 0 saturated carbocycles. The average Bonchev–Trinajstić information content (AvgIpc) is 2.65. The third-order valence-electron chi connectivity index (χ3n) is 2.97. The molecule has 122 valence electrons. The Labute approximate surface area is 127 Å².